The first-order valence-corrected chi connectivity index (χ1v) is 11.9. The molecule has 2 aliphatic rings. The van der Waals surface area contributed by atoms with Gasteiger partial charge >= 0.3 is 0 Å². The molecule has 2 fully saturated rings. The van der Waals surface area contributed by atoms with Gasteiger partial charge in [-0.25, -0.2) is 0 Å². The molecule has 3 heterocycles. The SMILES string of the molecule is COc1cccc(CN2CCCCN3C[C@@H](c4ccc(C#Cc5cccnc5)cc4)[C@@H]3C2)c1. The number of hydrogen-bond acceptors (Lipinski definition) is 4. The normalized spacial score (nSPS) is 21.0. The van der Waals surface area contributed by atoms with E-state index in [0.29, 0.717) is 12.0 Å². The highest BCUT2D eigenvalue weighted by Crippen LogP contribution is 2.36. The van der Waals surface area contributed by atoms with E-state index in [1.807, 2.05) is 18.2 Å². The van der Waals surface area contributed by atoms with Crippen LogP contribution in [0.4, 0.5) is 0 Å². The molecule has 2 aliphatic heterocycles. The molecule has 168 valence electrons. The average Bonchev–Trinajstić information content (AvgIpc) is 2.85. The lowest BCUT2D eigenvalue weighted by molar-refractivity contribution is 0.0143. The van der Waals surface area contributed by atoms with E-state index in [2.05, 4.69) is 69.1 Å². The summed E-state index contributed by atoms with van der Waals surface area (Å²) in [5.41, 5.74) is 4.76. The van der Waals surface area contributed by atoms with Gasteiger partial charge in [0.1, 0.15) is 5.75 Å². The molecule has 0 amide bonds. The summed E-state index contributed by atoms with van der Waals surface area (Å²) in [5, 5.41) is 0. The topological polar surface area (TPSA) is 28.6 Å². The van der Waals surface area contributed by atoms with E-state index in [1.165, 1.54) is 37.1 Å². The summed E-state index contributed by atoms with van der Waals surface area (Å²) in [5.74, 6) is 7.99. The maximum atomic E-state index is 5.43. The van der Waals surface area contributed by atoms with Gasteiger partial charge in [0.2, 0.25) is 0 Å². The fourth-order valence-corrected chi connectivity index (χ4v) is 5.03. The van der Waals surface area contributed by atoms with Crippen molar-refractivity contribution in [2.24, 2.45) is 0 Å². The maximum absolute atomic E-state index is 5.43. The molecule has 0 bridgehead atoms. The first-order chi connectivity index (χ1) is 16.3. The zero-order valence-electron chi connectivity index (χ0n) is 19.3. The van der Waals surface area contributed by atoms with Crippen LogP contribution in [0, 0.1) is 11.8 Å². The highest BCUT2D eigenvalue weighted by molar-refractivity contribution is 5.43. The van der Waals surface area contributed by atoms with Crippen molar-refractivity contribution in [2.45, 2.75) is 31.3 Å². The van der Waals surface area contributed by atoms with E-state index < -0.39 is 0 Å². The Bertz CT molecular complexity index is 1120. The van der Waals surface area contributed by atoms with E-state index in [4.69, 9.17) is 4.74 Å². The number of nitrogens with zero attached hydrogens (tertiary/aromatic N) is 3. The van der Waals surface area contributed by atoms with Crippen molar-refractivity contribution >= 4 is 0 Å². The van der Waals surface area contributed by atoms with Crippen LogP contribution < -0.4 is 4.74 Å². The van der Waals surface area contributed by atoms with Crippen LogP contribution in [0.15, 0.2) is 73.1 Å². The fraction of sp³-hybridized carbons (Fsp3) is 0.345. The smallest absolute Gasteiger partial charge is 0.119 e. The second-order valence-electron chi connectivity index (χ2n) is 9.08. The Labute approximate surface area is 197 Å². The maximum Gasteiger partial charge on any atom is 0.119 e. The van der Waals surface area contributed by atoms with Crippen LogP contribution in [-0.4, -0.2) is 54.1 Å². The van der Waals surface area contributed by atoms with Gasteiger partial charge in [-0.15, -0.1) is 0 Å². The molecule has 2 saturated heterocycles. The number of rotatable bonds is 4. The van der Waals surface area contributed by atoms with Gasteiger partial charge in [-0.1, -0.05) is 36.1 Å². The number of pyridine rings is 1. The average molecular weight is 438 g/mol. The van der Waals surface area contributed by atoms with Crippen LogP contribution in [0.2, 0.25) is 0 Å². The predicted octanol–water partition coefficient (Wildman–Crippen LogP) is 4.55. The van der Waals surface area contributed by atoms with Crippen LogP contribution in [0.5, 0.6) is 5.75 Å². The number of methoxy groups -OCH3 is 1. The number of hydrogen-bond donors (Lipinski definition) is 0. The monoisotopic (exact) mass is 437 g/mol. The number of benzene rings is 2. The summed E-state index contributed by atoms with van der Waals surface area (Å²) in [6.07, 6.45) is 6.12. The van der Waals surface area contributed by atoms with Crippen LogP contribution >= 0.6 is 0 Å². The Hall–Kier alpha value is -3.13. The van der Waals surface area contributed by atoms with E-state index in [-0.39, 0.29) is 0 Å². The van der Waals surface area contributed by atoms with Crippen molar-refractivity contribution in [1.29, 1.82) is 0 Å². The first-order valence-electron chi connectivity index (χ1n) is 11.9. The van der Waals surface area contributed by atoms with Crippen LogP contribution in [0.1, 0.15) is 41.0 Å². The lowest BCUT2D eigenvalue weighted by Gasteiger charge is -2.51. The quantitative estimate of drug-likeness (QED) is 0.560. The molecule has 4 heteroatoms. The minimum Gasteiger partial charge on any atom is -0.497 e. The summed E-state index contributed by atoms with van der Waals surface area (Å²) in [7, 11) is 1.74. The zero-order chi connectivity index (χ0) is 22.5. The fourth-order valence-electron chi connectivity index (χ4n) is 5.03. The summed E-state index contributed by atoms with van der Waals surface area (Å²) in [4.78, 5) is 9.44. The molecule has 2 atom stereocenters. The highest BCUT2D eigenvalue weighted by atomic mass is 16.5. The van der Waals surface area contributed by atoms with Gasteiger partial charge in [0, 0.05) is 55.1 Å². The second kappa shape index (κ2) is 10.2. The van der Waals surface area contributed by atoms with Crippen molar-refractivity contribution in [2.75, 3.05) is 33.3 Å². The van der Waals surface area contributed by atoms with Crippen molar-refractivity contribution in [3.63, 3.8) is 0 Å². The minimum atomic E-state index is 0.586. The van der Waals surface area contributed by atoms with E-state index >= 15 is 0 Å². The Balaban J connectivity index is 1.26. The van der Waals surface area contributed by atoms with Gasteiger partial charge < -0.3 is 4.74 Å². The van der Waals surface area contributed by atoms with E-state index in [1.54, 1.807) is 19.5 Å². The number of fused-ring (bicyclic) bond motifs is 1. The molecule has 0 N–H and O–H groups in total. The molecule has 2 aromatic carbocycles. The van der Waals surface area contributed by atoms with Gasteiger partial charge in [0.05, 0.1) is 7.11 Å². The van der Waals surface area contributed by atoms with Gasteiger partial charge in [0.25, 0.3) is 0 Å². The third-order valence-electron chi connectivity index (χ3n) is 6.87. The largest absolute Gasteiger partial charge is 0.497 e. The first kappa shape index (κ1) is 21.7. The molecular weight excluding hydrogens is 406 g/mol. The Morgan fingerprint density at radius 1 is 0.939 bits per heavy atom. The Morgan fingerprint density at radius 2 is 1.79 bits per heavy atom. The van der Waals surface area contributed by atoms with Crippen molar-refractivity contribution in [3.8, 4) is 17.6 Å². The second-order valence-corrected chi connectivity index (χ2v) is 9.08. The molecule has 0 spiro atoms. The van der Waals surface area contributed by atoms with Crippen LogP contribution in [0.3, 0.4) is 0 Å². The van der Waals surface area contributed by atoms with Crippen LogP contribution in [-0.2, 0) is 6.54 Å². The Morgan fingerprint density at radius 3 is 2.61 bits per heavy atom. The van der Waals surface area contributed by atoms with Gasteiger partial charge in [-0.05, 0) is 73.5 Å². The molecular formula is C29H31N3O. The standard InChI is InChI=1S/C29H31N3O/c1-33-27-8-4-6-25(18-27)20-31-16-2-3-17-32-21-28(29(32)22-31)26-13-11-23(12-14-26)9-10-24-7-5-15-30-19-24/h4-8,11-15,18-19,28-29H,2-3,16-17,20-22H2,1H3/t28-,29-/m0/s1. The lowest BCUT2D eigenvalue weighted by atomic mass is 9.81. The number of aromatic nitrogens is 1. The summed E-state index contributed by atoms with van der Waals surface area (Å²) < 4.78 is 5.43. The molecule has 0 unspecified atom stereocenters. The minimum absolute atomic E-state index is 0.586. The predicted molar refractivity (Wildman–Crippen MR) is 132 cm³/mol. The van der Waals surface area contributed by atoms with Gasteiger partial charge in [-0.3, -0.25) is 14.8 Å². The van der Waals surface area contributed by atoms with E-state index in [0.717, 1.165) is 36.5 Å². The zero-order valence-corrected chi connectivity index (χ0v) is 19.3. The molecule has 5 rings (SSSR count). The van der Waals surface area contributed by atoms with Crippen LogP contribution in [0.25, 0.3) is 0 Å². The molecule has 1 aromatic heterocycles. The van der Waals surface area contributed by atoms with Crippen molar-refractivity contribution in [3.05, 3.63) is 95.3 Å². The molecule has 0 saturated carbocycles. The highest BCUT2D eigenvalue weighted by Gasteiger charge is 2.40. The third kappa shape index (κ3) is 5.27. The lowest BCUT2D eigenvalue weighted by Crippen LogP contribution is -2.60. The van der Waals surface area contributed by atoms with Crippen molar-refractivity contribution in [1.82, 2.24) is 14.8 Å². The molecule has 4 nitrogen and oxygen atoms in total. The number of ether oxygens (including phenoxy) is 1. The van der Waals surface area contributed by atoms with Gasteiger partial charge in [-0.2, -0.15) is 0 Å². The third-order valence-corrected chi connectivity index (χ3v) is 6.87. The molecule has 33 heavy (non-hydrogen) atoms. The summed E-state index contributed by atoms with van der Waals surface area (Å²) in [6.45, 7) is 5.65. The summed E-state index contributed by atoms with van der Waals surface area (Å²) in [6, 6.07) is 21.9. The molecule has 0 aliphatic carbocycles. The Kier molecular flexibility index (Phi) is 6.71. The van der Waals surface area contributed by atoms with Gasteiger partial charge in [0.15, 0.2) is 0 Å². The molecule has 3 aromatic rings. The van der Waals surface area contributed by atoms with E-state index in [9.17, 15) is 0 Å². The molecule has 0 radical (unpaired) electrons. The van der Waals surface area contributed by atoms with Crippen molar-refractivity contribution < 1.29 is 4.74 Å². The summed E-state index contributed by atoms with van der Waals surface area (Å²) >= 11 is 0.